The molecular weight excluding hydrogens is 274 g/mol. The molecule has 0 aliphatic rings. The molecule has 0 aliphatic heterocycles. The van der Waals surface area contributed by atoms with E-state index in [1.807, 2.05) is 24.3 Å². The maximum Gasteiger partial charge on any atom is 0.246 e. The van der Waals surface area contributed by atoms with Crippen molar-refractivity contribution >= 4 is 17.3 Å². The summed E-state index contributed by atoms with van der Waals surface area (Å²) in [5.41, 5.74) is 3.14. The predicted octanol–water partition coefficient (Wildman–Crippen LogP) is 3.56. The van der Waals surface area contributed by atoms with E-state index in [2.05, 4.69) is 23.6 Å². The number of nitrogens with one attached hydrogen (secondary N) is 2. The molecule has 0 saturated heterocycles. The summed E-state index contributed by atoms with van der Waals surface area (Å²) in [4.78, 5) is 12.2. The summed E-state index contributed by atoms with van der Waals surface area (Å²) in [5.74, 6) is -0.178. The van der Waals surface area contributed by atoms with Gasteiger partial charge in [0, 0.05) is 5.69 Å². The number of nitriles is 1. The van der Waals surface area contributed by atoms with Crippen LogP contribution in [0.1, 0.15) is 25.0 Å². The Labute approximate surface area is 130 Å². The van der Waals surface area contributed by atoms with Gasteiger partial charge >= 0.3 is 0 Å². The van der Waals surface area contributed by atoms with Gasteiger partial charge in [0.25, 0.3) is 0 Å². The van der Waals surface area contributed by atoms with E-state index in [9.17, 15) is 4.79 Å². The van der Waals surface area contributed by atoms with Gasteiger partial charge in [-0.1, -0.05) is 31.2 Å². The predicted molar refractivity (Wildman–Crippen MR) is 88.7 cm³/mol. The second-order valence-corrected chi connectivity index (χ2v) is 5.06. The highest BCUT2D eigenvalue weighted by Gasteiger charge is 2.14. The van der Waals surface area contributed by atoms with Crippen molar-refractivity contribution in [3.8, 4) is 6.07 Å². The zero-order valence-electron chi connectivity index (χ0n) is 12.8. The van der Waals surface area contributed by atoms with Crippen LogP contribution in [-0.4, -0.2) is 11.9 Å². The van der Waals surface area contributed by atoms with Crippen LogP contribution in [0.5, 0.6) is 0 Å². The highest BCUT2D eigenvalue weighted by atomic mass is 16.2. The van der Waals surface area contributed by atoms with Crippen LogP contribution < -0.4 is 10.6 Å². The second-order valence-electron chi connectivity index (χ2n) is 5.06. The summed E-state index contributed by atoms with van der Waals surface area (Å²) in [6, 6.07) is 16.6. The van der Waals surface area contributed by atoms with E-state index >= 15 is 0 Å². The zero-order chi connectivity index (χ0) is 15.9. The first-order valence-corrected chi connectivity index (χ1v) is 7.29. The molecule has 0 bridgehead atoms. The van der Waals surface area contributed by atoms with Gasteiger partial charge in [-0.25, -0.2) is 0 Å². The number of hydrogen-bond donors (Lipinski definition) is 2. The molecule has 2 rings (SSSR count). The van der Waals surface area contributed by atoms with Crippen LogP contribution >= 0.6 is 0 Å². The van der Waals surface area contributed by atoms with Crippen LogP contribution in [0.25, 0.3) is 0 Å². The van der Waals surface area contributed by atoms with Gasteiger partial charge in [0.2, 0.25) is 5.91 Å². The first-order chi connectivity index (χ1) is 10.6. The lowest BCUT2D eigenvalue weighted by Crippen LogP contribution is -2.32. The van der Waals surface area contributed by atoms with Crippen LogP contribution in [0.3, 0.4) is 0 Å². The molecule has 0 fully saturated rings. The summed E-state index contributed by atoms with van der Waals surface area (Å²) >= 11 is 0. The van der Waals surface area contributed by atoms with Crippen molar-refractivity contribution in [2.45, 2.75) is 26.3 Å². The lowest BCUT2D eigenvalue weighted by molar-refractivity contribution is -0.116. The molecule has 0 aliphatic carbocycles. The van der Waals surface area contributed by atoms with Gasteiger partial charge in [0.1, 0.15) is 12.1 Å². The molecule has 2 aromatic carbocycles. The minimum Gasteiger partial charge on any atom is -0.374 e. The number of anilines is 2. The van der Waals surface area contributed by atoms with E-state index in [-0.39, 0.29) is 5.91 Å². The van der Waals surface area contributed by atoms with Gasteiger partial charge in [0.05, 0.1) is 11.3 Å². The smallest absolute Gasteiger partial charge is 0.246 e. The Morgan fingerprint density at radius 1 is 1.18 bits per heavy atom. The summed E-state index contributed by atoms with van der Waals surface area (Å²) in [5, 5.41) is 15.0. The molecular formula is C18H19N3O. The third-order valence-electron chi connectivity index (χ3n) is 3.44. The molecule has 0 aromatic heterocycles. The van der Waals surface area contributed by atoms with Crippen LogP contribution in [0.15, 0.2) is 48.5 Å². The van der Waals surface area contributed by atoms with Crippen LogP contribution in [0, 0.1) is 11.3 Å². The summed E-state index contributed by atoms with van der Waals surface area (Å²) in [6.07, 6.45) is 0.987. The number of hydrogen-bond acceptors (Lipinski definition) is 3. The number of rotatable bonds is 5. The van der Waals surface area contributed by atoms with Crippen molar-refractivity contribution in [1.29, 1.82) is 5.26 Å². The number of nitrogens with zero attached hydrogens (tertiary/aromatic N) is 1. The lowest BCUT2D eigenvalue weighted by Gasteiger charge is -2.16. The Hall–Kier alpha value is -2.80. The van der Waals surface area contributed by atoms with Crippen molar-refractivity contribution in [3.05, 3.63) is 59.7 Å². The van der Waals surface area contributed by atoms with E-state index < -0.39 is 6.04 Å². The van der Waals surface area contributed by atoms with Crippen LogP contribution in [-0.2, 0) is 11.2 Å². The largest absolute Gasteiger partial charge is 0.374 e. The van der Waals surface area contributed by atoms with Gasteiger partial charge in [0.15, 0.2) is 0 Å². The maximum atomic E-state index is 12.2. The quantitative estimate of drug-likeness (QED) is 0.886. The molecule has 4 heteroatoms. The highest BCUT2D eigenvalue weighted by Crippen LogP contribution is 2.15. The summed E-state index contributed by atoms with van der Waals surface area (Å²) in [6.45, 7) is 3.89. The third kappa shape index (κ3) is 3.86. The molecule has 112 valence electrons. The molecule has 0 spiro atoms. The fourth-order valence-electron chi connectivity index (χ4n) is 2.08. The van der Waals surface area contributed by atoms with Crippen molar-refractivity contribution in [3.63, 3.8) is 0 Å². The van der Waals surface area contributed by atoms with Gasteiger partial charge in [-0.3, -0.25) is 4.79 Å². The van der Waals surface area contributed by atoms with Crippen molar-refractivity contribution in [2.75, 3.05) is 10.6 Å². The Balaban J connectivity index is 2.01. The number of amides is 1. The standard InChI is InChI=1S/C18H19N3O/c1-3-14-8-10-16(11-9-14)20-13(2)18(22)21-17-7-5-4-6-15(17)12-19/h4-11,13,20H,3H2,1-2H3,(H,21,22). The average molecular weight is 293 g/mol. The number of carbonyl (C=O) groups excluding carboxylic acids is 1. The fourth-order valence-corrected chi connectivity index (χ4v) is 2.08. The van der Waals surface area contributed by atoms with Crippen molar-refractivity contribution < 1.29 is 4.79 Å². The fraction of sp³-hybridized carbons (Fsp3) is 0.222. The average Bonchev–Trinajstić information content (AvgIpc) is 2.56. The minimum absolute atomic E-state index is 0.178. The first-order valence-electron chi connectivity index (χ1n) is 7.29. The Morgan fingerprint density at radius 2 is 1.86 bits per heavy atom. The van der Waals surface area contributed by atoms with E-state index in [1.54, 1.807) is 31.2 Å². The van der Waals surface area contributed by atoms with Crippen molar-refractivity contribution in [1.82, 2.24) is 0 Å². The number of carbonyl (C=O) groups is 1. The molecule has 22 heavy (non-hydrogen) atoms. The Bertz CT molecular complexity index is 686. The van der Waals surface area contributed by atoms with Crippen LogP contribution in [0.4, 0.5) is 11.4 Å². The minimum atomic E-state index is -0.403. The second kappa shape index (κ2) is 7.28. The molecule has 2 aromatic rings. The van der Waals surface area contributed by atoms with E-state index in [0.717, 1.165) is 12.1 Å². The normalized spacial score (nSPS) is 11.3. The molecule has 1 amide bonds. The van der Waals surface area contributed by atoms with E-state index in [1.165, 1.54) is 5.56 Å². The zero-order valence-corrected chi connectivity index (χ0v) is 12.8. The SMILES string of the molecule is CCc1ccc(NC(C)C(=O)Nc2ccccc2C#N)cc1. The van der Waals surface area contributed by atoms with E-state index in [4.69, 9.17) is 5.26 Å². The van der Waals surface area contributed by atoms with E-state index in [0.29, 0.717) is 11.3 Å². The lowest BCUT2D eigenvalue weighted by atomic mass is 10.1. The highest BCUT2D eigenvalue weighted by molar-refractivity contribution is 5.97. The van der Waals surface area contributed by atoms with Gasteiger partial charge in [-0.15, -0.1) is 0 Å². The van der Waals surface area contributed by atoms with Gasteiger partial charge in [-0.2, -0.15) is 5.26 Å². The first kappa shape index (κ1) is 15.6. The molecule has 0 saturated carbocycles. The molecule has 4 nitrogen and oxygen atoms in total. The van der Waals surface area contributed by atoms with Gasteiger partial charge in [-0.05, 0) is 43.2 Å². The summed E-state index contributed by atoms with van der Waals surface area (Å²) in [7, 11) is 0. The molecule has 0 radical (unpaired) electrons. The molecule has 0 heterocycles. The Morgan fingerprint density at radius 3 is 2.50 bits per heavy atom. The molecule has 1 atom stereocenters. The number of aryl methyl sites for hydroxylation is 1. The summed E-state index contributed by atoms with van der Waals surface area (Å²) < 4.78 is 0. The number of para-hydroxylation sites is 1. The van der Waals surface area contributed by atoms with Gasteiger partial charge < -0.3 is 10.6 Å². The number of benzene rings is 2. The maximum absolute atomic E-state index is 12.2. The van der Waals surface area contributed by atoms with Crippen molar-refractivity contribution in [2.24, 2.45) is 0 Å². The Kier molecular flexibility index (Phi) is 5.16. The monoisotopic (exact) mass is 293 g/mol. The topological polar surface area (TPSA) is 64.9 Å². The molecule has 1 unspecified atom stereocenters. The molecule has 2 N–H and O–H groups in total. The van der Waals surface area contributed by atoms with Crippen LogP contribution in [0.2, 0.25) is 0 Å². The third-order valence-corrected chi connectivity index (χ3v) is 3.44.